The number of hydrogen-bond acceptors (Lipinski definition) is 8. The van der Waals surface area contributed by atoms with Crippen molar-refractivity contribution in [1.29, 1.82) is 0 Å². The van der Waals surface area contributed by atoms with Gasteiger partial charge in [-0.25, -0.2) is 0 Å². The van der Waals surface area contributed by atoms with Gasteiger partial charge in [-0.05, 0) is 44.5 Å². The molecule has 0 N–H and O–H groups in total. The maximum Gasteiger partial charge on any atom is 3.00 e. The first-order chi connectivity index (χ1) is 31.4. The molecule has 0 heterocycles. The fraction of sp³-hybridized carbons (Fsp3) is 0.0714. The molecular weight excluding hydrogens is 997 g/mol. The SMILES string of the molecule is [Ho+3].[K+].[O-]c1ccccc1C=N[C@H](c1ccccc1)[C@H](N=Cc1ccccc1[O-])c1ccccc1.[O-]c1ccccc1C=N[C@H](c1ccccc1)[C@H](N=Cc1ccccc1[O-])c1ccccc1. The minimum Gasteiger partial charge on any atom is -0.872 e. The Labute approximate surface area is 459 Å². The van der Waals surface area contributed by atoms with Crippen LogP contribution in [0, 0.1) is 37.7 Å². The monoisotopic (exact) mass is 1040 g/mol. The van der Waals surface area contributed by atoms with E-state index in [-0.39, 0.29) is 136 Å². The predicted octanol–water partition coefficient (Wildman–Crippen LogP) is 6.71. The van der Waals surface area contributed by atoms with Crippen molar-refractivity contribution in [1.82, 2.24) is 0 Å². The molecule has 0 bridgehead atoms. The summed E-state index contributed by atoms with van der Waals surface area (Å²) < 4.78 is 0. The second-order valence-electron chi connectivity index (χ2n) is 14.7. The van der Waals surface area contributed by atoms with Gasteiger partial charge in [0.1, 0.15) is 24.2 Å². The first kappa shape index (κ1) is 51.5. The van der Waals surface area contributed by atoms with Crippen LogP contribution in [0.5, 0.6) is 23.0 Å². The molecule has 8 aromatic carbocycles. The summed E-state index contributed by atoms with van der Waals surface area (Å²) in [4.78, 5) is 19.3. The molecule has 0 amide bonds. The van der Waals surface area contributed by atoms with Gasteiger partial charge in [0.25, 0.3) is 0 Å². The number of nitrogens with zero attached hydrogens (tertiary/aromatic N) is 4. The third kappa shape index (κ3) is 14.8. The van der Waals surface area contributed by atoms with Gasteiger partial charge in [0, 0.05) is 24.9 Å². The van der Waals surface area contributed by atoms with Crippen LogP contribution < -0.4 is 71.8 Å². The van der Waals surface area contributed by atoms with Crippen molar-refractivity contribution < 1.29 is 110 Å². The van der Waals surface area contributed by atoms with Crippen molar-refractivity contribution in [2.24, 2.45) is 20.0 Å². The molecule has 66 heavy (non-hydrogen) atoms. The van der Waals surface area contributed by atoms with Crippen molar-refractivity contribution in [3.05, 3.63) is 263 Å². The van der Waals surface area contributed by atoms with Gasteiger partial charge in [0.05, 0.1) is 0 Å². The van der Waals surface area contributed by atoms with Gasteiger partial charge in [-0.3, -0.25) is 20.0 Å². The Hall–Kier alpha value is -5.46. The van der Waals surface area contributed by atoms with E-state index < -0.39 is 0 Å². The van der Waals surface area contributed by atoms with Crippen LogP contribution in [0.3, 0.4) is 0 Å². The second-order valence-corrected chi connectivity index (χ2v) is 14.7. The summed E-state index contributed by atoms with van der Waals surface area (Å²) in [7, 11) is 0. The van der Waals surface area contributed by atoms with E-state index >= 15 is 0 Å². The van der Waals surface area contributed by atoms with E-state index in [1.54, 1.807) is 73.4 Å². The zero-order valence-electron chi connectivity index (χ0n) is 36.1. The van der Waals surface area contributed by atoms with Gasteiger partial charge in [-0.1, -0.05) is 218 Å². The fourth-order valence-corrected chi connectivity index (χ4v) is 6.99. The minimum absolute atomic E-state index is 0. The third-order valence-corrected chi connectivity index (χ3v) is 10.3. The summed E-state index contributed by atoms with van der Waals surface area (Å²) in [5.74, 6) is -0.322. The zero-order valence-corrected chi connectivity index (χ0v) is 41.2. The number of rotatable bonds is 14. The Balaban J connectivity index is 0.000000240. The number of aliphatic imine (C=N–C) groups is 4. The Bertz CT molecular complexity index is 2420. The fourth-order valence-electron chi connectivity index (χ4n) is 6.99. The maximum atomic E-state index is 12.2. The molecule has 8 nitrogen and oxygen atoms in total. The smallest absolute Gasteiger partial charge is 0.872 e. The van der Waals surface area contributed by atoms with E-state index in [0.717, 1.165) is 22.3 Å². The quantitative estimate of drug-likeness (QED) is 0.0882. The van der Waals surface area contributed by atoms with Gasteiger partial charge < -0.3 is 20.4 Å². The molecule has 0 aliphatic rings. The average Bonchev–Trinajstić information content (AvgIpc) is 3.34. The van der Waals surface area contributed by atoms with Crippen LogP contribution in [0.1, 0.15) is 68.7 Å². The number of para-hydroxylation sites is 4. The predicted molar refractivity (Wildman–Crippen MR) is 251 cm³/mol. The molecule has 0 fully saturated rings. The van der Waals surface area contributed by atoms with Crippen molar-refractivity contribution in [2.75, 3.05) is 0 Å². The van der Waals surface area contributed by atoms with Crippen molar-refractivity contribution in [3.8, 4) is 23.0 Å². The van der Waals surface area contributed by atoms with Gasteiger partial charge in [0.15, 0.2) is 0 Å². The Morgan fingerprint density at radius 3 is 0.606 bits per heavy atom. The topological polar surface area (TPSA) is 142 Å². The Morgan fingerprint density at radius 1 is 0.258 bits per heavy atom. The molecule has 0 unspecified atom stereocenters. The summed E-state index contributed by atoms with van der Waals surface area (Å²) in [6, 6.07) is 65.1. The van der Waals surface area contributed by atoms with E-state index in [0.29, 0.717) is 22.3 Å². The maximum absolute atomic E-state index is 12.2. The van der Waals surface area contributed by atoms with Crippen LogP contribution in [-0.4, -0.2) is 24.9 Å². The Morgan fingerprint density at radius 2 is 0.424 bits per heavy atom. The molecule has 8 aromatic rings. The van der Waals surface area contributed by atoms with Crippen LogP contribution >= 0.6 is 0 Å². The average molecular weight is 1040 g/mol. The third-order valence-electron chi connectivity index (χ3n) is 10.3. The zero-order chi connectivity index (χ0) is 44.4. The summed E-state index contributed by atoms with van der Waals surface area (Å²) in [5.41, 5.74) is 5.95. The molecular formula is C56H44HoKN4O4. The number of benzene rings is 8. The Kier molecular flexibility index (Phi) is 21.3. The summed E-state index contributed by atoms with van der Waals surface area (Å²) >= 11 is 0. The molecule has 0 saturated heterocycles. The largest absolute Gasteiger partial charge is 3.00 e. The van der Waals surface area contributed by atoms with E-state index in [1.165, 1.54) is 24.3 Å². The van der Waals surface area contributed by atoms with Crippen LogP contribution in [-0.2, 0) is 0 Å². The normalized spacial score (nSPS) is 13.0. The first-order valence-electron chi connectivity index (χ1n) is 20.8. The first-order valence-corrected chi connectivity index (χ1v) is 20.8. The molecule has 0 saturated carbocycles. The van der Waals surface area contributed by atoms with Crippen molar-refractivity contribution >= 4 is 24.9 Å². The van der Waals surface area contributed by atoms with Crippen LogP contribution in [0.15, 0.2) is 238 Å². The van der Waals surface area contributed by atoms with Crippen LogP contribution in [0.4, 0.5) is 0 Å². The number of hydrogen-bond donors (Lipinski definition) is 0. The van der Waals surface area contributed by atoms with E-state index in [1.807, 2.05) is 146 Å². The van der Waals surface area contributed by atoms with Crippen LogP contribution in [0.25, 0.3) is 0 Å². The molecule has 0 radical (unpaired) electrons. The second kappa shape index (κ2) is 27.2. The van der Waals surface area contributed by atoms with Gasteiger partial charge in [0.2, 0.25) is 0 Å². The summed E-state index contributed by atoms with van der Waals surface area (Å²) in [6.45, 7) is 0. The van der Waals surface area contributed by atoms with Crippen molar-refractivity contribution in [2.45, 2.75) is 24.2 Å². The molecule has 4 atom stereocenters. The van der Waals surface area contributed by atoms with E-state index in [9.17, 15) is 20.4 Å². The van der Waals surface area contributed by atoms with E-state index in [2.05, 4.69) is 0 Å². The summed E-state index contributed by atoms with van der Waals surface area (Å²) in [6.07, 6.45) is 6.47. The molecule has 8 rings (SSSR count). The molecule has 0 spiro atoms. The van der Waals surface area contributed by atoms with Crippen LogP contribution in [0.2, 0.25) is 0 Å². The van der Waals surface area contributed by atoms with Gasteiger partial charge in [-0.15, -0.1) is 23.0 Å². The van der Waals surface area contributed by atoms with E-state index in [4.69, 9.17) is 20.0 Å². The molecule has 0 aliphatic heterocycles. The summed E-state index contributed by atoms with van der Waals surface area (Å²) in [5, 5.41) is 48.8. The standard InChI is InChI=1S/2C28H24N2O2.Ho.K/c2*31-25-17-9-7-15-23(25)19-29-27(21-11-3-1-4-12-21)28(22-13-5-2-6-14-22)30-20-24-16-8-10-18-26(24)32;;/h2*1-20,27-28,31-32H;;/q;;+3;+1/p-4/t2*27-,28-;;/m11../s1. The molecule has 10 heteroatoms. The van der Waals surface area contributed by atoms with Gasteiger partial charge >= 0.3 is 89.1 Å². The van der Waals surface area contributed by atoms with Crippen molar-refractivity contribution in [3.63, 3.8) is 0 Å². The molecule has 0 aromatic heterocycles. The van der Waals surface area contributed by atoms with Gasteiger partial charge in [-0.2, -0.15) is 0 Å². The minimum atomic E-state index is -0.381. The molecule has 324 valence electrons. The molecule has 0 aliphatic carbocycles.